The Morgan fingerprint density at radius 2 is 2.11 bits per heavy atom. The highest BCUT2D eigenvalue weighted by Gasteiger charge is 2.12. The van der Waals surface area contributed by atoms with Gasteiger partial charge in [-0.2, -0.15) is 0 Å². The summed E-state index contributed by atoms with van der Waals surface area (Å²) < 4.78 is 0.979. The molecule has 1 N–H and O–H groups in total. The number of carbonyl (C=O) groups excluding carboxylic acids is 1. The second-order valence-corrected chi connectivity index (χ2v) is 6.66. The van der Waals surface area contributed by atoms with Crippen molar-refractivity contribution in [3.63, 3.8) is 0 Å². The zero-order valence-electron chi connectivity index (χ0n) is 10.7. The normalized spacial score (nSPS) is 12.1. The smallest absolute Gasteiger partial charge is 0.252 e. The lowest BCUT2D eigenvalue weighted by atomic mass is 9.96. The first-order valence-corrected chi connectivity index (χ1v) is 7.95. The van der Waals surface area contributed by atoms with E-state index in [1.807, 2.05) is 29.6 Å². The Morgan fingerprint density at radius 3 is 2.68 bits per heavy atom. The molecular weight excluding hydrogens is 322 g/mol. The van der Waals surface area contributed by atoms with Crippen molar-refractivity contribution in [2.75, 3.05) is 6.54 Å². The van der Waals surface area contributed by atoms with Crippen LogP contribution in [0.1, 0.15) is 35.2 Å². The molecule has 4 heteroatoms. The monoisotopic (exact) mass is 337 g/mol. The van der Waals surface area contributed by atoms with E-state index in [1.54, 1.807) is 0 Å². The van der Waals surface area contributed by atoms with Gasteiger partial charge in [-0.15, -0.1) is 11.3 Å². The third-order valence-electron chi connectivity index (χ3n) is 3.10. The SMILES string of the molecule is CCC(CNC(=O)c1csc(Br)c1)c1ccccc1. The van der Waals surface area contributed by atoms with Crippen molar-refractivity contribution < 1.29 is 4.79 Å². The van der Waals surface area contributed by atoms with Crippen molar-refractivity contribution in [3.05, 3.63) is 56.7 Å². The number of hydrogen-bond acceptors (Lipinski definition) is 2. The molecule has 0 saturated carbocycles. The maximum Gasteiger partial charge on any atom is 0.252 e. The van der Waals surface area contributed by atoms with E-state index in [1.165, 1.54) is 16.9 Å². The highest BCUT2D eigenvalue weighted by molar-refractivity contribution is 9.11. The number of carbonyl (C=O) groups is 1. The first-order valence-electron chi connectivity index (χ1n) is 6.28. The van der Waals surface area contributed by atoms with Crippen LogP contribution in [0.15, 0.2) is 45.6 Å². The van der Waals surface area contributed by atoms with E-state index in [0.29, 0.717) is 12.5 Å². The summed E-state index contributed by atoms with van der Waals surface area (Å²) in [6.45, 7) is 2.82. The first kappa shape index (κ1) is 14.3. The van der Waals surface area contributed by atoms with Gasteiger partial charge in [0.1, 0.15) is 0 Å². The van der Waals surface area contributed by atoms with Crippen LogP contribution in [0, 0.1) is 0 Å². The molecule has 1 heterocycles. The summed E-state index contributed by atoms with van der Waals surface area (Å²) in [6, 6.07) is 12.2. The fraction of sp³-hybridized carbons (Fsp3) is 0.267. The second kappa shape index (κ2) is 6.87. The van der Waals surface area contributed by atoms with Crippen molar-refractivity contribution in [2.45, 2.75) is 19.3 Å². The molecule has 1 unspecified atom stereocenters. The van der Waals surface area contributed by atoms with Crippen LogP contribution in [0.25, 0.3) is 0 Å². The summed E-state index contributed by atoms with van der Waals surface area (Å²) in [6.07, 6.45) is 1.01. The summed E-state index contributed by atoms with van der Waals surface area (Å²) in [4.78, 5) is 12.0. The lowest BCUT2D eigenvalue weighted by molar-refractivity contribution is 0.0951. The predicted octanol–water partition coefficient (Wildman–Crippen LogP) is 4.43. The maximum absolute atomic E-state index is 12.0. The molecule has 2 rings (SSSR count). The van der Waals surface area contributed by atoms with Crippen molar-refractivity contribution >= 4 is 33.2 Å². The van der Waals surface area contributed by atoms with E-state index in [0.717, 1.165) is 15.8 Å². The largest absolute Gasteiger partial charge is 0.351 e. The zero-order valence-corrected chi connectivity index (χ0v) is 13.1. The molecule has 1 amide bonds. The number of amides is 1. The average Bonchev–Trinajstić information content (AvgIpc) is 2.87. The van der Waals surface area contributed by atoms with Gasteiger partial charge in [0.25, 0.3) is 5.91 Å². The molecule has 0 aliphatic rings. The van der Waals surface area contributed by atoms with Crippen molar-refractivity contribution in [3.8, 4) is 0 Å². The van der Waals surface area contributed by atoms with Gasteiger partial charge < -0.3 is 5.32 Å². The summed E-state index contributed by atoms with van der Waals surface area (Å²) in [5.74, 6) is 0.364. The van der Waals surface area contributed by atoms with Gasteiger partial charge in [0.05, 0.1) is 9.35 Å². The number of benzene rings is 1. The summed E-state index contributed by atoms with van der Waals surface area (Å²) in [7, 11) is 0. The molecule has 1 aromatic heterocycles. The fourth-order valence-corrected chi connectivity index (χ4v) is 3.11. The molecule has 0 bridgehead atoms. The first-order chi connectivity index (χ1) is 9.20. The number of nitrogens with one attached hydrogen (secondary N) is 1. The number of rotatable bonds is 5. The molecule has 0 radical (unpaired) electrons. The Kier molecular flexibility index (Phi) is 5.16. The Morgan fingerprint density at radius 1 is 1.37 bits per heavy atom. The van der Waals surface area contributed by atoms with Crippen LogP contribution in [0.4, 0.5) is 0 Å². The second-order valence-electron chi connectivity index (χ2n) is 4.37. The Hall–Kier alpha value is -1.13. The summed E-state index contributed by atoms with van der Waals surface area (Å²) in [5.41, 5.74) is 2.00. The molecule has 0 fully saturated rings. The highest BCUT2D eigenvalue weighted by Crippen LogP contribution is 2.21. The van der Waals surface area contributed by atoms with Gasteiger partial charge in [0, 0.05) is 17.8 Å². The van der Waals surface area contributed by atoms with Crippen molar-refractivity contribution in [1.82, 2.24) is 5.32 Å². The molecule has 2 aromatic rings. The molecule has 19 heavy (non-hydrogen) atoms. The van der Waals surface area contributed by atoms with Crippen LogP contribution >= 0.6 is 27.3 Å². The topological polar surface area (TPSA) is 29.1 Å². The van der Waals surface area contributed by atoms with Gasteiger partial charge in [-0.1, -0.05) is 37.3 Å². The minimum atomic E-state index is -0.00340. The highest BCUT2D eigenvalue weighted by atomic mass is 79.9. The molecule has 100 valence electrons. The average molecular weight is 338 g/mol. The van der Waals surface area contributed by atoms with Crippen LogP contribution in [0.2, 0.25) is 0 Å². The minimum absolute atomic E-state index is 0.00340. The fourth-order valence-electron chi connectivity index (χ4n) is 1.97. The summed E-state index contributed by atoms with van der Waals surface area (Å²) >= 11 is 4.89. The number of hydrogen-bond donors (Lipinski definition) is 1. The van der Waals surface area contributed by atoms with Crippen LogP contribution in [-0.4, -0.2) is 12.5 Å². The van der Waals surface area contributed by atoms with Crippen LogP contribution in [0.5, 0.6) is 0 Å². The van der Waals surface area contributed by atoms with E-state index >= 15 is 0 Å². The quantitative estimate of drug-likeness (QED) is 0.858. The van der Waals surface area contributed by atoms with E-state index < -0.39 is 0 Å². The van der Waals surface area contributed by atoms with Gasteiger partial charge >= 0.3 is 0 Å². The van der Waals surface area contributed by atoms with Crippen molar-refractivity contribution in [2.24, 2.45) is 0 Å². The van der Waals surface area contributed by atoms with Crippen LogP contribution in [0.3, 0.4) is 0 Å². The standard InChI is InChI=1S/C15H16BrNOS/c1-2-11(12-6-4-3-5-7-12)9-17-15(18)13-8-14(16)19-10-13/h3-8,10-11H,2,9H2,1H3,(H,17,18). The maximum atomic E-state index is 12.0. The van der Waals surface area contributed by atoms with Crippen molar-refractivity contribution in [1.29, 1.82) is 0 Å². The lowest BCUT2D eigenvalue weighted by Gasteiger charge is -2.15. The lowest BCUT2D eigenvalue weighted by Crippen LogP contribution is -2.27. The zero-order chi connectivity index (χ0) is 13.7. The number of halogens is 1. The van der Waals surface area contributed by atoms with E-state index in [2.05, 4.69) is 40.3 Å². The third-order valence-corrected chi connectivity index (χ3v) is 4.61. The third kappa shape index (κ3) is 3.91. The van der Waals surface area contributed by atoms with E-state index in [9.17, 15) is 4.79 Å². The Bertz CT molecular complexity index is 538. The Labute approximate surface area is 126 Å². The van der Waals surface area contributed by atoms with Crippen LogP contribution in [-0.2, 0) is 0 Å². The molecule has 2 nitrogen and oxygen atoms in total. The van der Waals surface area contributed by atoms with Gasteiger partial charge in [-0.05, 0) is 34.0 Å². The van der Waals surface area contributed by atoms with Gasteiger partial charge in [-0.3, -0.25) is 4.79 Å². The van der Waals surface area contributed by atoms with Gasteiger partial charge in [-0.25, -0.2) is 0 Å². The van der Waals surface area contributed by atoms with E-state index in [-0.39, 0.29) is 5.91 Å². The van der Waals surface area contributed by atoms with Gasteiger partial charge in [0.15, 0.2) is 0 Å². The molecule has 0 spiro atoms. The predicted molar refractivity (Wildman–Crippen MR) is 83.8 cm³/mol. The molecule has 1 aromatic carbocycles. The summed E-state index contributed by atoms with van der Waals surface area (Å²) in [5, 5.41) is 4.87. The molecule has 0 aliphatic carbocycles. The number of thiophene rings is 1. The van der Waals surface area contributed by atoms with E-state index in [4.69, 9.17) is 0 Å². The Balaban J connectivity index is 1.95. The molecule has 0 saturated heterocycles. The van der Waals surface area contributed by atoms with Crippen LogP contribution < -0.4 is 5.32 Å². The minimum Gasteiger partial charge on any atom is -0.351 e. The van der Waals surface area contributed by atoms with Gasteiger partial charge in [0.2, 0.25) is 0 Å². The molecule has 0 aliphatic heterocycles. The molecule has 1 atom stereocenters. The molecular formula is C15H16BrNOS.